The smallest absolute Gasteiger partial charge is 0.309 e. The topological polar surface area (TPSA) is 111 Å². The van der Waals surface area contributed by atoms with Gasteiger partial charge in [0.25, 0.3) is 10.0 Å². The molecule has 0 aliphatic carbocycles. The van der Waals surface area contributed by atoms with Crippen LogP contribution in [0.2, 0.25) is 0 Å². The number of para-hydroxylation sites is 1. The van der Waals surface area contributed by atoms with Crippen LogP contribution in [0, 0.1) is 0 Å². The molecule has 0 unspecified atom stereocenters. The Hall–Kier alpha value is -2.69. The SMILES string of the molecule is O=C(NCCc1c[nH]c2ccccc12)C(=O)NCC[C@H]1CCCCN1S(=O)(=O)c1cccs1. The number of nitrogens with zero attached hydrogens (tertiary/aromatic N) is 1. The van der Waals surface area contributed by atoms with Gasteiger partial charge in [0.2, 0.25) is 0 Å². The van der Waals surface area contributed by atoms with Gasteiger partial charge in [0.05, 0.1) is 0 Å². The van der Waals surface area contributed by atoms with Gasteiger partial charge in [-0.2, -0.15) is 4.31 Å². The number of hydrogen-bond acceptors (Lipinski definition) is 5. The number of aromatic nitrogens is 1. The van der Waals surface area contributed by atoms with Gasteiger partial charge in [-0.25, -0.2) is 8.42 Å². The molecule has 1 fully saturated rings. The Morgan fingerprint density at radius 3 is 2.64 bits per heavy atom. The Morgan fingerprint density at radius 2 is 1.85 bits per heavy atom. The summed E-state index contributed by atoms with van der Waals surface area (Å²) in [5.41, 5.74) is 2.12. The van der Waals surface area contributed by atoms with Gasteiger partial charge in [-0.3, -0.25) is 9.59 Å². The Labute approximate surface area is 197 Å². The van der Waals surface area contributed by atoms with E-state index in [9.17, 15) is 18.0 Å². The van der Waals surface area contributed by atoms with Crippen molar-refractivity contribution in [1.82, 2.24) is 19.9 Å². The average molecular weight is 489 g/mol. The molecule has 2 aromatic heterocycles. The molecular formula is C23H28N4O4S2. The van der Waals surface area contributed by atoms with E-state index in [4.69, 9.17) is 0 Å². The number of fused-ring (bicyclic) bond motifs is 1. The monoisotopic (exact) mass is 488 g/mol. The number of benzene rings is 1. The first kappa shape index (κ1) is 23.5. The first-order chi connectivity index (χ1) is 16.0. The van der Waals surface area contributed by atoms with Gasteiger partial charge >= 0.3 is 11.8 Å². The Kier molecular flexibility index (Phi) is 7.46. The Morgan fingerprint density at radius 1 is 1.06 bits per heavy atom. The summed E-state index contributed by atoms with van der Waals surface area (Å²) in [6, 6.07) is 11.1. The number of rotatable bonds is 8. The predicted octanol–water partition coefficient (Wildman–Crippen LogP) is 2.64. The van der Waals surface area contributed by atoms with Crippen LogP contribution >= 0.6 is 11.3 Å². The fourth-order valence-corrected chi connectivity index (χ4v) is 7.11. The quantitative estimate of drug-likeness (QED) is 0.423. The van der Waals surface area contributed by atoms with E-state index in [0.717, 1.165) is 35.7 Å². The highest BCUT2D eigenvalue weighted by molar-refractivity contribution is 7.91. The lowest BCUT2D eigenvalue weighted by atomic mass is 10.0. The molecule has 0 saturated carbocycles. The molecule has 3 heterocycles. The highest BCUT2D eigenvalue weighted by Gasteiger charge is 2.33. The summed E-state index contributed by atoms with van der Waals surface area (Å²) in [6.45, 7) is 1.08. The van der Waals surface area contributed by atoms with Crippen molar-refractivity contribution < 1.29 is 18.0 Å². The van der Waals surface area contributed by atoms with Crippen LogP contribution in [-0.4, -0.2) is 55.2 Å². The number of aromatic amines is 1. The van der Waals surface area contributed by atoms with E-state index in [2.05, 4.69) is 15.6 Å². The van der Waals surface area contributed by atoms with Crippen LogP contribution < -0.4 is 10.6 Å². The number of thiophene rings is 1. The maximum absolute atomic E-state index is 12.9. The fourth-order valence-electron chi connectivity index (χ4n) is 4.27. The van der Waals surface area contributed by atoms with E-state index < -0.39 is 21.8 Å². The molecule has 4 rings (SSSR count). The number of carbonyl (C=O) groups is 2. The molecule has 3 N–H and O–H groups in total. The number of carbonyl (C=O) groups excluding carboxylic acids is 2. The molecule has 8 nitrogen and oxygen atoms in total. The molecule has 1 aliphatic heterocycles. The number of nitrogens with one attached hydrogen (secondary N) is 3. The van der Waals surface area contributed by atoms with E-state index in [-0.39, 0.29) is 12.6 Å². The third-order valence-corrected chi connectivity index (χ3v) is 9.28. The third-order valence-electron chi connectivity index (χ3n) is 5.96. The van der Waals surface area contributed by atoms with E-state index in [1.165, 1.54) is 11.3 Å². The molecule has 1 atom stereocenters. The van der Waals surface area contributed by atoms with Crippen LogP contribution in [0.15, 0.2) is 52.2 Å². The Bertz CT molecular complexity index is 1200. The first-order valence-electron chi connectivity index (χ1n) is 11.1. The minimum Gasteiger partial charge on any atom is -0.361 e. The number of piperidine rings is 1. The maximum Gasteiger partial charge on any atom is 0.309 e. The molecule has 1 aromatic carbocycles. The van der Waals surface area contributed by atoms with Gasteiger partial charge in [-0.15, -0.1) is 11.3 Å². The standard InChI is InChI=1S/C23H28N4O4S2/c28-22(24-12-10-17-16-26-20-8-2-1-7-19(17)20)23(29)25-13-11-18-6-3-4-14-27(18)33(30,31)21-9-5-15-32-21/h1-2,5,7-9,15-16,18,26H,3-4,6,10-14H2,(H,24,28)(H,25,29)/t18-/m1/s1. The van der Waals surface area contributed by atoms with Crippen LogP contribution in [0.4, 0.5) is 0 Å². The summed E-state index contributed by atoms with van der Waals surface area (Å²) in [7, 11) is -3.53. The van der Waals surface area contributed by atoms with Crippen molar-refractivity contribution in [2.45, 2.75) is 42.4 Å². The lowest BCUT2D eigenvalue weighted by Gasteiger charge is -2.34. The van der Waals surface area contributed by atoms with Crippen LogP contribution in [0.3, 0.4) is 0 Å². The van der Waals surface area contributed by atoms with Crippen LogP contribution in [-0.2, 0) is 26.0 Å². The van der Waals surface area contributed by atoms with E-state index in [1.54, 1.807) is 21.8 Å². The zero-order chi connectivity index (χ0) is 23.3. The predicted molar refractivity (Wildman–Crippen MR) is 128 cm³/mol. The zero-order valence-corrected chi connectivity index (χ0v) is 19.9. The van der Waals surface area contributed by atoms with Gasteiger partial charge in [-0.1, -0.05) is 30.7 Å². The summed E-state index contributed by atoms with van der Waals surface area (Å²) in [5.74, 6) is -1.38. The highest BCUT2D eigenvalue weighted by atomic mass is 32.2. The van der Waals surface area contributed by atoms with Crippen molar-refractivity contribution in [2.75, 3.05) is 19.6 Å². The van der Waals surface area contributed by atoms with E-state index in [1.807, 2.05) is 30.5 Å². The van der Waals surface area contributed by atoms with Crippen molar-refractivity contribution in [3.05, 3.63) is 53.5 Å². The van der Waals surface area contributed by atoms with Crippen molar-refractivity contribution in [1.29, 1.82) is 0 Å². The molecule has 2 amide bonds. The minimum atomic E-state index is -3.53. The number of amides is 2. The lowest BCUT2D eigenvalue weighted by Crippen LogP contribution is -2.46. The summed E-state index contributed by atoms with van der Waals surface area (Å²) < 4.78 is 27.8. The Balaban J connectivity index is 1.23. The molecule has 176 valence electrons. The average Bonchev–Trinajstić information content (AvgIpc) is 3.50. The molecule has 0 spiro atoms. The summed E-state index contributed by atoms with van der Waals surface area (Å²) in [4.78, 5) is 27.5. The minimum absolute atomic E-state index is 0.184. The molecule has 1 aliphatic rings. The molecule has 0 bridgehead atoms. The van der Waals surface area contributed by atoms with Crippen molar-refractivity contribution >= 4 is 44.1 Å². The van der Waals surface area contributed by atoms with Gasteiger partial charge in [-0.05, 0) is 48.8 Å². The van der Waals surface area contributed by atoms with Crippen molar-refractivity contribution in [2.24, 2.45) is 0 Å². The summed E-state index contributed by atoms with van der Waals surface area (Å²) >= 11 is 1.21. The van der Waals surface area contributed by atoms with Crippen molar-refractivity contribution in [3.8, 4) is 0 Å². The van der Waals surface area contributed by atoms with Gasteiger partial charge in [0, 0.05) is 42.8 Å². The second kappa shape index (κ2) is 10.5. The largest absolute Gasteiger partial charge is 0.361 e. The van der Waals surface area contributed by atoms with Crippen LogP contribution in [0.25, 0.3) is 10.9 Å². The van der Waals surface area contributed by atoms with Gasteiger partial charge in [0.15, 0.2) is 0 Å². The van der Waals surface area contributed by atoms with Crippen LogP contribution in [0.5, 0.6) is 0 Å². The molecule has 0 radical (unpaired) electrons. The summed E-state index contributed by atoms with van der Waals surface area (Å²) in [5, 5.41) is 8.15. The molecular weight excluding hydrogens is 460 g/mol. The molecule has 1 saturated heterocycles. The fraction of sp³-hybridized carbons (Fsp3) is 0.391. The number of hydrogen-bond donors (Lipinski definition) is 3. The number of sulfonamides is 1. The van der Waals surface area contributed by atoms with Gasteiger partial charge in [0.1, 0.15) is 4.21 Å². The lowest BCUT2D eigenvalue weighted by molar-refractivity contribution is -0.139. The molecule has 10 heteroatoms. The molecule has 3 aromatic rings. The second-order valence-corrected chi connectivity index (χ2v) is 11.2. The van der Waals surface area contributed by atoms with E-state index >= 15 is 0 Å². The first-order valence-corrected chi connectivity index (χ1v) is 13.4. The normalized spacial score (nSPS) is 17.2. The maximum atomic E-state index is 12.9. The highest BCUT2D eigenvalue weighted by Crippen LogP contribution is 2.29. The molecule has 33 heavy (non-hydrogen) atoms. The number of H-pyrrole nitrogens is 1. The van der Waals surface area contributed by atoms with E-state index in [0.29, 0.717) is 30.1 Å². The zero-order valence-electron chi connectivity index (χ0n) is 18.2. The summed E-state index contributed by atoms with van der Waals surface area (Å²) in [6.07, 6.45) is 5.52. The van der Waals surface area contributed by atoms with Crippen molar-refractivity contribution in [3.63, 3.8) is 0 Å². The van der Waals surface area contributed by atoms with Gasteiger partial charge < -0.3 is 15.6 Å². The van der Waals surface area contributed by atoms with Crippen LogP contribution in [0.1, 0.15) is 31.2 Å². The second-order valence-electron chi connectivity index (χ2n) is 8.11. The third kappa shape index (κ3) is 5.45.